The fourth-order valence-electron chi connectivity index (χ4n) is 1.92. The number of thiazole rings is 1. The van der Waals surface area contributed by atoms with Gasteiger partial charge in [0.05, 0.1) is 5.69 Å². The molecule has 1 aromatic heterocycles. The van der Waals surface area contributed by atoms with Crippen LogP contribution in [0.15, 0.2) is 5.38 Å². The van der Waals surface area contributed by atoms with Crippen LogP contribution in [0.5, 0.6) is 0 Å². The van der Waals surface area contributed by atoms with Crippen LogP contribution in [0, 0.1) is 5.92 Å². The van der Waals surface area contributed by atoms with Crippen molar-refractivity contribution in [2.45, 2.75) is 66.1 Å². The summed E-state index contributed by atoms with van der Waals surface area (Å²) in [4.78, 5) is 7.02. The van der Waals surface area contributed by atoms with Gasteiger partial charge in [0, 0.05) is 30.6 Å². The number of rotatable bonds is 6. The molecule has 0 bridgehead atoms. The Morgan fingerprint density at radius 2 is 1.95 bits per heavy atom. The van der Waals surface area contributed by atoms with Gasteiger partial charge >= 0.3 is 0 Å². The van der Waals surface area contributed by atoms with Crippen LogP contribution >= 0.6 is 11.3 Å². The van der Waals surface area contributed by atoms with E-state index in [9.17, 15) is 0 Å². The molecule has 0 fully saturated rings. The average molecular weight is 283 g/mol. The van der Waals surface area contributed by atoms with Gasteiger partial charge in [0.2, 0.25) is 0 Å². The zero-order chi connectivity index (χ0) is 14.6. The largest absolute Gasteiger partial charge is 0.348 e. The fourth-order valence-corrected chi connectivity index (χ4v) is 2.82. The molecule has 0 saturated heterocycles. The molecule has 3 nitrogen and oxygen atoms in total. The maximum absolute atomic E-state index is 4.72. The highest BCUT2D eigenvalue weighted by Crippen LogP contribution is 2.23. The number of hydrogen-bond acceptors (Lipinski definition) is 4. The topological polar surface area (TPSA) is 28.2 Å². The van der Waals surface area contributed by atoms with E-state index in [4.69, 9.17) is 4.98 Å². The lowest BCUT2D eigenvalue weighted by molar-refractivity contribution is 0.421. The van der Waals surface area contributed by atoms with Crippen LogP contribution in [-0.2, 0) is 6.54 Å². The molecule has 1 N–H and O–H groups in total. The summed E-state index contributed by atoms with van der Waals surface area (Å²) in [5.41, 5.74) is 1.28. The first-order chi connectivity index (χ1) is 8.69. The van der Waals surface area contributed by atoms with Gasteiger partial charge in [-0.05, 0) is 40.0 Å². The second kappa shape index (κ2) is 6.71. The standard InChI is InChI=1S/C15H29N3S/c1-11(2)8-12(3)18(7)14-17-13(10-19-14)9-16-15(4,5)6/h10-12,16H,8-9H2,1-7H3. The predicted molar refractivity (Wildman–Crippen MR) is 86.0 cm³/mol. The Kier molecular flexibility index (Phi) is 5.81. The smallest absolute Gasteiger partial charge is 0.185 e. The summed E-state index contributed by atoms with van der Waals surface area (Å²) in [5, 5.41) is 6.76. The predicted octanol–water partition coefficient (Wildman–Crippen LogP) is 3.90. The van der Waals surface area contributed by atoms with Crippen LogP contribution < -0.4 is 10.2 Å². The highest BCUT2D eigenvalue weighted by molar-refractivity contribution is 7.13. The molecule has 19 heavy (non-hydrogen) atoms. The molecule has 1 aromatic rings. The number of aromatic nitrogens is 1. The van der Waals surface area contributed by atoms with Crippen LogP contribution in [0.25, 0.3) is 0 Å². The van der Waals surface area contributed by atoms with Gasteiger partial charge in [-0.25, -0.2) is 4.98 Å². The highest BCUT2D eigenvalue weighted by atomic mass is 32.1. The molecule has 0 aliphatic heterocycles. The average Bonchev–Trinajstić information content (AvgIpc) is 2.72. The van der Waals surface area contributed by atoms with Crippen LogP contribution in [0.4, 0.5) is 5.13 Å². The van der Waals surface area contributed by atoms with E-state index in [1.54, 1.807) is 11.3 Å². The lowest BCUT2D eigenvalue weighted by Gasteiger charge is -2.25. The van der Waals surface area contributed by atoms with E-state index in [-0.39, 0.29) is 5.54 Å². The van der Waals surface area contributed by atoms with Crippen molar-refractivity contribution in [1.29, 1.82) is 0 Å². The Bertz CT molecular complexity index is 379. The molecule has 110 valence electrons. The Balaban J connectivity index is 2.58. The van der Waals surface area contributed by atoms with Crippen LogP contribution in [-0.4, -0.2) is 23.6 Å². The zero-order valence-electron chi connectivity index (χ0n) is 13.4. The minimum Gasteiger partial charge on any atom is -0.348 e. The van der Waals surface area contributed by atoms with Gasteiger partial charge in [-0.15, -0.1) is 11.3 Å². The summed E-state index contributed by atoms with van der Waals surface area (Å²) < 4.78 is 0. The molecule has 1 atom stereocenters. The maximum Gasteiger partial charge on any atom is 0.185 e. The summed E-state index contributed by atoms with van der Waals surface area (Å²) in [6.45, 7) is 14.2. The van der Waals surface area contributed by atoms with Crippen molar-refractivity contribution in [2.75, 3.05) is 11.9 Å². The minimum atomic E-state index is 0.140. The van der Waals surface area contributed by atoms with Crippen molar-refractivity contribution in [1.82, 2.24) is 10.3 Å². The Morgan fingerprint density at radius 1 is 1.32 bits per heavy atom. The van der Waals surface area contributed by atoms with Crippen molar-refractivity contribution in [3.63, 3.8) is 0 Å². The van der Waals surface area contributed by atoms with E-state index in [0.29, 0.717) is 6.04 Å². The van der Waals surface area contributed by atoms with Crippen molar-refractivity contribution < 1.29 is 0 Å². The number of hydrogen-bond donors (Lipinski definition) is 1. The van der Waals surface area contributed by atoms with E-state index in [0.717, 1.165) is 23.3 Å². The number of nitrogens with one attached hydrogen (secondary N) is 1. The molecule has 1 rings (SSSR count). The molecular formula is C15H29N3S. The lowest BCUT2D eigenvalue weighted by atomic mass is 10.0. The SMILES string of the molecule is CC(C)CC(C)N(C)c1nc(CNC(C)(C)C)cs1. The third-order valence-corrected chi connectivity index (χ3v) is 4.09. The van der Waals surface area contributed by atoms with Gasteiger partial charge in [0.1, 0.15) is 0 Å². The number of anilines is 1. The van der Waals surface area contributed by atoms with Gasteiger partial charge < -0.3 is 10.2 Å². The summed E-state index contributed by atoms with van der Waals surface area (Å²) in [6.07, 6.45) is 1.20. The molecule has 0 aromatic carbocycles. The molecule has 4 heteroatoms. The molecule has 0 aliphatic rings. The summed E-state index contributed by atoms with van der Waals surface area (Å²) >= 11 is 1.74. The third kappa shape index (κ3) is 5.91. The van der Waals surface area contributed by atoms with E-state index < -0.39 is 0 Å². The van der Waals surface area contributed by atoms with E-state index >= 15 is 0 Å². The van der Waals surface area contributed by atoms with E-state index in [2.05, 4.69) is 64.2 Å². The quantitative estimate of drug-likeness (QED) is 0.858. The Labute approximate surface area is 122 Å². The second-order valence-corrected chi connectivity index (χ2v) is 7.65. The minimum absolute atomic E-state index is 0.140. The van der Waals surface area contributed by atoms with Crippen LogP contribution in [0.2, 0.25) is 0 Å². The summed E-state index contributed by atoms with van der Waals surface area (Å²) in [6, 6.07) is 0.537. The molecule has 0 saturated carbocycles. The molecular weight excluding hydrogens is 254 g/mol. The molecule has 0 radical (unpaired) electrons. The highest BCUT2D eigenvalue weighted by Gasteiger charge is 2.15. The second-order valence-electron chi connectivity index (χ2n) is 6.81. The fraction of sp³-hybridized carbons (Fsp3) is 0.800. The van der Waals surface area contributed by atoms with Gasteiger partial charge in [-0.1, -0.05) is 13.8 Å². The lowest BCUT2D eigenvalue weighted by Crippen LogP contribution is -2.35. The first kappa shape index (κ1) is 16.4. The maximum atomic E-state index is 4.72. The zero-order valence-corrected chi connectivity index (χ0v) is 14.3. The molecule has 0 aliphatic carbocycles. The van der Waals surface area contributed by atoms with E-state index in [1.165, 1.54) is 6.42 Å². The normalized spacial score (nSPS) is 13.9. The van der Waals surface area contributed by atoms with Gasteiger partial charge in [0.15, 0.2) is 5.13 Å². The van der Waals surface area contributed by atoms with Crippen molar-refractivity contribution in [3.8, 4) is 0 Å². The number of nitrogens with zero attached hydrogens (tertiary/aromatic N) is 2. The molecule has 1 unspecified atom stereocenters. The first-order valence-electron chi connectivity index (χ1n) is 7.11. The van der Waals surface area contributed by atoms with Gasteiger partial charge in [0.25, 0.3) is 0 Å². The van der Waals surface area contributed by atoms with Crippen LogP contribution in [0.3, 0.4) is 0 Å². The van der Waals surface area contributed by atoms with Crippen molar-refractivity contribution in [3.05, 3.63) is 11.1 Å². The van der Waals surface area contributed by atoms with Crippen molar-refractivity contribution in [2.24, 2.45) is 5.92 Å². The Morgan fingerprint density at radius 3 is 2.47 bits per heavy atom. The molecule has 0 spiro atoms. The van der Waals surface area contributed by atoms with Crippen molar-refractivity contribution >= 4 is 16.5 Å². The third-order valence-electron chi connectivity index (χ3n) is 3.11. The Hall–Kier alpha value is -0.610. The van der Waals surface area contributed by atoms with Gasteiger partial charge in [-0.2, -0.15) is 0 Å². The van der Waals surface area contributed by atoms with E-state index in [1.807, 2.05) is 0 Å². The summed E-state index contributed by atoms with van der Waals surface area (Å²) in [7, 11) is 2.15. The van der Waals surface area contributed by atoms with Crippen LogP contribution in [0.1, 0.15) is 53.7 Å². The monoisotopic (exact) mass is 283 g/mol. The van der Waals surface area contributed by atoms with Gasteiger partial charge in [-0.3, -0.25) is 0 Å². The first-order valence-corrected chi connectivity index (χ1v) is 7.99. The summed E-state index contributed by atoms with van der Waals surface area (Å²) in [5.74, 6) is 0.722. The molecule has 0 amide bonds. The molecule has 1 heterocycles.